The number of nitrogens with zero attached hydrogens (tertiary/aromatic N) is 2. The molecule has 6 heteroatoms. The van der Waals surface area contributed by atoms with Crippen LogP contribution in [-0.4, -0.2) is 65.5 Å². The van der Waals surface area contributed by atoms with E-state index < -0.39 is 6.04 Å². The Bertz CT molecular complexity index is 521. The van der Waals surface area contributed by atoms with Crippen molar-refractivity contribution in [2.75, 3.05) is 32.8 Å². The van der Waals surface area contributed by atoms with Gasteiger partial charge in [0.15, 0.2) is 0 Å². The zero-order valence-electron chi connectivity index (χ0n) is 13.6. The van der Waals surface area contributed by atoms with E-state index >= 15 is 0 Å². The Morgan fingerprint density at radius 1 is 1.39 bits per heavy atom. The average Bonchev–Trinajstić information content (AvgIpc) is 2.57. The highest BCUT2D eigenvalue weighted by Gasteiger charge is 2.31. The molecule has 6 nitrogen and oxygen atoms in total. The van der Waals surface area contributed by atoms with Gasteiger partial charge in [-0.05, 0) is 12.5 Å². The molecule has 1 atom stereocenters. The Balaban J connectivity index is 1.95. The first-order valence-corrected chi connectivity index (χ1v) is 8.10. The maximum Gasteiger partial charge on any atom is 0.240 e. The van der Waals surface area contributed by atoms with E-state index in [4.69, 9.17) is 5.11 Å². The standard InChI is InChI=1S/C17H25N3O3/c1-2-19(10-11-21)16(22)12-15-17(23)20(9-8-18-15)13-14-6-4-3-5-7-14/h3-7,15,18,21H,2,8-13H2,1H3. The van der Waals surface area contributed by atoms with Gasteiger partial charge >= 0.3 is 0 Å². The summed E-state index contributed by atoms with van der Waals surface area (Å²) in [6, 6.07) is 9.37. The maximum absolute atomic E-state index is 12.6. The van der Waals surface area contributed by atoms with Crippen molar-refractivity contribution in [3.05, 3.63) is 35.9 Å². The molecular formula is C17H25N3O3. The smallest absolute Gasteiger partial charge is 0.240 e. The molecule has 2 rings (SSSR count). The SMILES string of the molecule is CCN(CCO)C(=O)CC1NCCN(Cc2ccccc2)C1=O. The number of benzene rings is 1. The number of aliphatic hydroxyl groups excluding tert-OH is 1. The number of hydrogen-bond donors (Lipinski definition) is 2. The number of nitrogens with one attached hydrogen (secondary N) is 1. The molecule has 1 fully saturated rings. The summed E-state index contributed by atoms with van der Waals surface area (Å²) in [5, 5.41) is 12.1. The summed E-state index contributed by atoms with van der Waals surface area (Å²) in [6.07, 6.45) is 0.137. The van der Waals surface area contributed by atoms with Crippen molar-refractivity contribution in [1.29, 1.82) is 0 Å². The third kappa shape index (κ3) is 4.77. The van der Waals surface area contributed by atoms with E-state index in [0.717, 1.165) is 5.56 Å². The number of piperazine rings is 1. The van der Waals surface area contributed by atoms with Crippen molar-refractivity contribution >= 4 is 11.8 Å². The summed E-state index contributed by atoms with van der Waals surface area (Å²) in [4.78, 5) is 28.2. The predicted molar refractivity (Wildman–Crippen MR) is 87.6 cm³/mol. The summed E-state index contributed by atoms with van der Waals surface area (Å²) in [7, 11) is 0. The molecule has 0 radical (unpaired) electrons. The van der Waals surface area contributed by atoms with Crippen LogP contribution in [0.1, 0.15) is 18.9 Å². The van der Waals surface area contributed by atoms with Crippen molar-refractivity contribution in [3.63, 3.8) is 0 Å². The Morgan fingerprint density at radius 3 is 2.78 bits per heavy atom. The first-order chi connectivity index (χ1) is 11.2. The first kappa shape index (κ1) is 17.4. The van der Waals surface area contributed by atoms with Gasteiger partial charge in [-0.25, -0.2) is 0 Å². The minimum atomic E-state index is -0.479. The van der Waals surface area contributed by atoms with Gasteiger partial charge in [0.25, 0.3) is 0 Å². The first-order valence-electron chi connectivity index (χ1n) is 8.10. The molecule has 2 amide bonds. The largest absolute Gasteiger partial charge is 0.395 e. The number of aliphatic hydroxyl groups is 1. The Labute approximate surface area is 137 Å². The molecule has 1 aromatic carbocycles. The molecule has 0 spiro atoms. The summed E-state index contributed by atoms with van der Waals surface area (Å²) in [5.74, 6) is -0.137. The summed E-state index contributed by atoms with van der Waals surface area (Å²) in [6.45, 7) is 4.55. The molecule has 1 aromatic rings. The van der Waals surface area contributed by atoms with Crippen LogP contribution in [0.4, 0.5) is 0 Å². The summed E-state index contributed by atoms with van der Waals surface area (Å²) >= 11 is 0. The van der Waals surface area contributed by atoms with Gasteiger partial charge in [0.05, 0.1) is 19.1 Å². The topological polar surface area (TPSA) is 72.9 Å². The molecule has 1 aliphatic rings. The maximum atomic E-state index is 12.6. The highest BCUT2D eigenvalue weighted by molar-refractivity contribution is 5.89. The van der Waals surface area contributed by atoms with Gasteiger partial charge in [0.2, 0.25) is 11.8 Å². The fourth-order valence-electron chi connectivity index (χ4n) is 2.80. The summed E-state index contributed by atoms with van der Waals surface area (Å²) in [5.41, 5.74) is 1.09. The van der Waals surface area contributed by atoms with E-state index in [2.05, 4.69) is 5.32 Å². The van der Waals surface area contributed by atoms with E-state index in [1.54, 1.807) is 9.80 Å². The lowest BCUT2D eigenvalue weighted by molar-refractivity contribution is -0.141. The minimum absolute atomic E-state index is 0.0338. The molecule has 23 heavy (non-hydrogen) atoms. The van der Waals surface area contributed by atoms with Crippen LogP contribution >= 0.6 is 0 Å². The number of rotatable bonds is 7. The summed E-state index contributed by atoms with van der Waals surface area (Å²) < 4.78 is 0. The van der Waals surface area contributed by atoms with Gasteiger partial charge in [0, 0.05) is 32.7 Å². The van der Waals surface area contributed by atoms with Crippen molar-refractivity contribution in [1.82, 2.24) is 15.1 Å². The molecule has 1 saturated heterocycles. The average molecular weight is 319 g/mol. The highest BCUT2D eigenvalue weighted by atomic mass is 16.3. The molecule has 0 bridgehead atoms. The lowest BCUT2D eigenvalue weighted by atomic mass is 10.1. The molecule has 0 aliphatic carbocycles. The second-order valence-electron chi connectivity index (χ2n) is 5.65. The molecule has 0 saturated carbocycles. The van der Waals surface area contributed by atoms with Crippen LogP contribution in [0.25, 0.3) is 0 Å². The van der Waals surface area contributed by atoms with Crippen LogP contribution < -0.4 is 5.32 Å². The third-order valence-electron chi connectivity index (χ3n) is 4.08. The number of likely N-dealkylation sites (N-methyl/N-ethyl adjacent to an activating group) is 1. The molecule has 0 aromatic heterocycles. The van der Waals surface area contributed by atoms with Crippen molar-refractivity contribution in [3.8, 4) is 0 Å². The van der Waals surface area contributed by atoms with Crippen molar-refractivity contribution < 1.29 is 14.7 Å². The fraction of sp³-hybridized carbons (Fsp3) is 0.529. The quantitative estimate of drug-likeness (QED) is 0.754. The van der Waals surface area contributed by atoms with E-state index in [9.17, 15) is 9.59 Å². The third-order valence-corrected chi connectivity index (χ3v) is 4.08. The van der Waals surface area contributed by atoms with E-state index in [1.165, 1.54) is 0 Å². The van der Waals surface area contributed by atoms with Gasteiger partial charge in [-0.1, -0.05) is 30.3 Å². The normalized spacial score (nSPS) is 18.1. The lowest BCUT2D eigenvalue weighted by Crippen LogP contribution is -2.56. The van der Waals surface area contributed by atoms with Gasteiger partial charge in [-0.2, -0.15) is 0 Å². The molecule has 1 unspecified atom stereocenters. The lowest BCUT2D eigenvalue weighted by Gasteiger charge is -2.34. The van der Waals surface area contributed by atoms with Crippen molar-refractivity contribution in [2.45, 2.75) is 25.9 Å². The minimum Gasteiger partial charge on any atom is -0.395 e. The van der Waals surface area contributed by atoms with Gasteiger partial charge < -0.3 is 20.2 Å². The monoisotopic (exact) mass is 319 g/mol. The molecule has 1 aliphatic heterocycles. The zero-order chi connectivity index (χ0) is 16.7. The van der Waals surface area contributed by atoms with Crippen LogP contribution in [-0.2, 0) is 16.1 Å². The van der Waals surface area contributed by atoms with Gasteiger partial charge in [-0.3, -0.25) is 9.59 Å². The van der Waals surface area contributed by atoms with Crippen molar-refractivity contribution in [2.24, 2.45) is 0 Å². The Hall–Kier alpha value is -1.92. The van der Waals surface area contributed by atoms with E-state index in [-0.39, 0.29) is 24.8 Å². The van der Waals surface area contributed by atoms with Crippen LogP contribution in [0, 0.1) is 0 Å². The Kier molecular flexibility index (Phi) is 6.55. The number of amides is 2. The molecular weight excluding hydrogens is 294 g/mol. The number of carbonyl (C=O) groups is 2. The number of carbonyl (C=O) groups excluding carboxylic acids is 2. The molecule has 2 N–H and O–H groups in total. The van der Waals surface area contributed by atoms with Crippen LogP contribution in [0.3, 0.4) is 0 Å². The predicted octanol–water partition coefficient (Wildman–Crippen LogP) is 0.218. The highest BCUT2D eigenvalue weighted by Crippen LogP contribution is 2.11. The van der Waals surface area contributed by atoms with E-state index in [1.807, 2.05) is 37.3 Å². The molecule has 1 heterocycles. The van der Waals surface area contributed by atoms with Crippen LogP contribution in [0.5, 0.6) is 0 Å². The van der Waals surface area contributed by atoms with E-state index in [0.29, 0.717) is 32.7 Å². The fourth-order valence-corrected chi connectivity index (χ4v) is 2.80. The van der Waals surface area contributed by atoms with Crippen LogP contribution in [0.15, 0.2) is 30.3 Å². The Morgan fingerprint density at radius 2 is 2.13 bits per heavy atom. The van der Waals surface area contributed by atoms with Crippen LogP contribution in [0.2, 0.25) is 0 Å². The van der Waals surface area contributed by atoms with Gasteiger partial charge in [-0.15, -0.1) is 0 Å². The second-order valence-corrected chi connectivity index (χ2v) is 5.65. The molecule has 126 valence electrons. The second kappa shape index (κ2) is 8.64. The zero-order valence-corrected chi connectivity index (χ0v) is 13.6. The number of hydrogen-bond acceptors (Lipinski definition) is 4. The van der Waals surface area contributed by atoms with Gasteiger partial charge in [0.1, 0.15) is 0 Å².